The van der Waals surface area contributed by atoms with Crippen LogP contribution in [0.3, 0.4) is 0 Å². The number of benzene rings is 1. The van der Waals surface area contributed by atoms with Crippen LogP contribution in [0.2, 0.25) is 0 Å². The Bertz CT molecular complexity index is 671. The molecule has 0 spiro atoms. The summed E-state index contributed by atoms with van der Waals surface area (Å²) in [5, 5.41) is 7.52. The summed E-state index contributed by atoms with van der Waals surface area (Å²) in [6.45, 7) is 4.93. The quantitative estimate of drug-likeness (QED) is 0.828. The molecule has 1 fully saturated rings. The Kier molecular flexibility index (Phi) is 4.27. The van der Waals surface area contributed by atoms with Gasteiger partial charge in [0.05, 0.1) is 23.1 Å². The molecule has 1 N–H and O–H groups in total. The molecule has 4 nitrogen and oxygen atoms in total. The molecule has 3 rings (SSSR count). The fourth-order valence-corrected chi connectivity index (χ4v) is 2.75. The van der Waals surface area contributed by atoms with Crippen LogP contribution in [0, 0.1) is 6.92 Å². The van der Waals surface area contributed by atoms with E-state index in [2.05, 4.69) is 36.4 Å². The predicted molar refractivity (Wildman–Crippen MR) is 87.5 cm³/mol. The largest absolute Gasteiger partial charge is 0.352 e. The Morgan fingerprint density at radius 1 is 1.36 bits per heavy atom. The molecule has 1 aliphatic rings. The highest BCUT2D eigenvalue weighted by molar-refractivity contribution is 5.95. The van der Waals surface area contributed by atoms with Crippen molar-refractivity contribution in [2.45, 2.75) is 45.4 Å². The second-order valence-corrected chi connectivity index (χ2v) is 6.03. The van der Waals surface area contributed by atoms with Crippen molar-refractivity contribution in [3.63, 3.8) is 0 Å². The zero-order chi connectivity index (χ0) is 15.5. The standard InChI is InChI=1S/C18H23N3O/c1-3-4-11-19-18(22)15-12-20-21(17(15)14-9-10-14)16-8-6-5-7-13(16)2/h5-8,12,14H,3-4,9-11H2,1-2H3,(H,19,22). The monoisotopic (exact) mass is 297 g/mol. The van der Waals surface area contributed by atoms with E-state index in [1.54, 1.807) is 6.20 Å². The van der Waals surface area contributed by atoms with E-state index < -0.39 is 0 Å². The molecule has 0 saturated heterocycles. The number of nitrogens with one attached hydrogen (secondary N) is 1. The van der Waals surface area contributed by atoms with Gasteiger partial charge in [-0.15, -0.1) is 0 Å². The summed E-state index contributed by atoms with van der Waals surface area (Å²) < 4.78 is 1.96. The van der Waals surface area contributed by atoms with E-state index in [-0.39, 0.29) is 5.91 Å². The second kappa shape index (κ2) is 6.34. The summed E-state index contributed by atoms with van der Waals surface area (Å²) in [5.74, 6) is 0.476. The number of aryl methyl sites for hydroxylation is 1. The molecule has 1 aromatic heterocycles. The van der Waals surface area contributed by atoms with Gasteiger partial charge in [0.2, 0.25) is 0 Å². The number of unbranched alkanes of at least 4 members (excludes halogenated alkanes) is 1. The fourth-order valence-electron chi connectivity index (χ4n) is 2.75. The van der Waals surface area contributed by atoms with Gasteiger partial charge in [-0.1, -0.05) is 31.5 Å². The molecule has 0 aliphatic heterocycles. The molecule has 0 radical (unpaired) electrons. The van der Waals surface area contributed by atoms with Gasteiger partial charge in [0.25, 0.3) is 5.91 Å². The summed E-state index contributed by atoms with van der Waals surface area (Å²) in [6.07, 6.45) is 6.11. The topological polar surface area (TPSA) is 46.9 Å². The molecule has 1 aromatic carbocycles. The number of hydrogen-bond donors (Lipinski definition) is 1. The minimum atomic E-state index is 0.00943. The molecule has 1 saturated carbocycles. The van der Waals surface area contributed by atoms with Gasteiger partial charge in [0.1, 0.15) is 0 Å². The van der Waals surface area contributed by atoms with Crippen molar-refractivity contribution >= 4 is 5.91 Å². The van der Waals surface area contributed by atoms with E-state index in [0.717, 1.165) is 49.2 Å². The van der Waals surface area contributed by atoms with Gasteiger partial charge in [0, 0.05) is 12.5 Å². The van der Waals surface area contributed by atoms with Gasteiger partial charge >= 0.3 is 0 Å². The lowest BCUT2D eigenvalue weighted by atomic mass is 10.1. The lowest BCUT2D eigenvalue weighted by Gasteiger charge is -2.11. The van der Waals surface area contributed by atoms with Crippen molar-refractivity contribution in [2.24, 2.45) is 0 Å². The van der Waals surface area contributed by atoms with Crippen LogP contribution >= 0.6 is 0 Å². The second-order valence-electron chi connectivity index (χ2n) is 6.03. The minimum absolute atomic E-state index is 0.00943. The highest BCUT2D eigenvalue weighted by Crippen LogP contribution is 2.42. The van der Waals surface area contributed by atoms with E-state index in [0.29, 0.717) is 5.92 Å². The SMILES string of the molecule is CCCCNC(=O)c1cnn(-c2ccccc2C)c1C1CC1. The summed E-state index contributed by atoms with van der Waals surface area (Å²) in [7, 11) is 0. The molecule has 1 amide bonds. The van der Waals surface area contributed by atoms with Gasteiger partial charge in [-0.05, 0) is 37.8 Å². The van der Waals surface area contributed by atoms with Crippen molar-refractivity contribution in [3.05, 3.63) is 47.3 Å². The van der Waals surface area contributed by atoms with Crippen molar-refractivity contribution in [1.82, 2.24) is 15.1 Å². The molecule has 4 heteroatoms. The van der Waals surface area contributed by atoms with Gasteiger partial charge < -0.3 is 5.32 Å². The first-order valence-corrected chi connectivity index (χ1v) is 8.14. The molecule has 2 aromatic rings. The van der Waals surface area contributed by atoms with E-state index in [1.807, 2.05) is 16.8 Å². The third-order valence-corrected chi connectivity index (χ3v) is 4.17. The highest BCUT2D eigenvalue weighted by Gasteiger charge is 2.33. The third kappa shape index (κ3) is 2.91. The average molecular weight is 297 g/mol. The van der Waals surface area contributed by atoms with Crippen molar-refractivity contribution in [1.29, 1.82) is 0 Å². The van der Waals surface area contributed by atoms with Crippen LogP contribution in [-0.2, 0) is 0 Å². The van der Waals surface area contributed by atoms with Crippen LogP contribution in [0.15, 0.2) is 30.5 Å². The molecule has 0 bridgehead atoms. The lowest BCUT2D eigenvalue weighted by molar-refractivity contribution is 0.0952. The first-order chi connectivity index (χ1) is 10.7. The normalized spacial score (nSPS) is 14.1. The van der Waals surface area contributed by atoms with Crippen LogP contribution in [0.4, 0.5) is 0 Å². The van der Waals surface area contributed by atoms with Crippen LogP contribution in [0.1, 0.15) is 60.1 Å². The van der Waals surface area contributed by atoms with Crippen LogP contribution in [0.25, 0.3) is 5.69 Å². The van der Waals surface area contributed by atoms with Crippen molar-refractivity contribution in [2.75, 3.05) is 6.54 Å². The fraction of sp³-hybridized carbons (Fsp3) is 0.444. The van der Waals surface area contributed by atoms with Crippen molar-refractivity contribution < 1.29 is 4.79 Å². The third-order valence-electron chi connectivity index (χ3n) is 4.17. The van der Waals surface area contributed by atoms with Crippen LogP contribution < -0.4 is 5.32 Å². The van der Waals surface area contributed by atoms with E-state index in [1.165, 1.54) is 5.56 Å². The number of amides is 1. The number of hydrogen-bond acceptors (Lipinski definition) is 2. The van der Waals surface area contributed by atoms with Crippen LogP contribution in [0.5, 0.6) is 0 Å². The molecule has 116 valence electrons. The number of rotatable bonds is 6. The van der Waals surface area contributed by atoms with Crippen LogP contribution in [-0.4, -0.2) is 22.2 Å². The number of carbonyl (C=O) groups is 1. The molecule has 0 atom stereocenters. The molecule has 1 heterocycles. The maximum atomic E-state index is 12.4. The van der Waals surface area contributed by atoms with Gasteiger partial charge in [-0.25, -0.2) is 4.68 Å². The average Bonchev–Trinajstić information content (AvgIpc) is 3.27. The first kappa shape index (κ1) is 14.8. The predicted octanol–water partition coefficient (Wildman–Crippen LogP) is 3.59. The zero-order valence-electron chi connectivity index (χ0n) is 13.3. The Morgan fingerprint density at radius 3 is 2.82 bits per heavy atom. The van der Waals surface area contributed by atoms with E-state index >= 15 is 0 Å². The first-order valence-electron chi connectivity index (χ1n) is 8.14. The van der Waals surface area contributed by atoms with E-state index in [9.17, 15) is 4.79 Å². The Balaban J connectivity index is 1.93. The number of para-hydroxylation sites is 1. The molecule has 22 heavy (non-hydrogen) atoms. The van der Waals surface area contributed by atoms with Gasteiger partial charge in [-0.3, -0.25) is 4.79 Å². The molecule has 0 unspecified atom stereocenters. The van der Waals surface area contributed by atoms with Gasteiger partial charge in [0.15, 0.2) is 0 Å². The summed E-state index contributed by atoms with van der Waals surface area (Å²) in [4.78, 5) is 12.4. The zero-order valence-corrected chi connectivity index (χ0v) is 13.3. The van der Waals surface area contributed by atoms with E-state index in [4.69, 9.17) is 0 Å². The maximum Gasteiger partial charge on any atom is 0.254 e. The highest BCUT2D eigenvalue weighted by atomic mass is 16.1. The number of nitrogens with zero attached hydrogens (tertiary/aromatic N) is 2. The maximum absolute atomic E-state index is 12.4. The number of aromatic nitrogens is 2. The van der Waals surface area contributed by atoms with Gasteiger partial charge in [-0.2, -0.15) is 5.10 Å². The Morgan fingerprint density at radius 2 is 2.14 bits per heavy atom. The summed E-state index contributed by atoms with van der Waals surface area (Å²) in [5.41, 5.74) is 4.05. The number of carbonyl (C=O) groups excluding carboxylic acids is 1. The summed E-state index contributed by atoms with van der Waals surface area (Å²) >= 11 is 0. The minimum Gasteiger partial charge on any atom is -0.352 e. The molecule has 1 aliphatic carbocycles. The summed E-state index contributed by atoms with van der Waals surface area (Å²) in [6, 6.07) is 8.18. The smallest absolute Gasteiger partial charge is 0.254 e. The van der Waals surface area contributed by atoms with Crippen molar-refractivity contribution in [3.8, 4) is 5.69 Å². The Hall–Kier alpha value is -2.10. The molecular weight excluding hydrogens is 274 g/mol. The molecular formula is C18H23N3O. The Labute approximate surface area is 131 Å². The lowest BCUT2D eigenvalue weighted by Crippen LogP contribution is -2.25.